The first-order valence-electron chi connectivity index (χ1n) is 13.5. The highest BCUT2D eigenvalue weighted by Crippen LogP contribution is 2.40. The lowest BCUT2D eigenvalue weighted by atomic mass is 9.99. The number of nitrogens with zero attached hydrogens (tertiary/aromatic N) is 2. The van der Waals surface area contributed by atoms with E-state index in [2.05, 4.69) is 9.97 Å². The molecule has 9 rings (SSSR count). The topological polar surface area (TPSA) is 52.1 Å². The lowest BCUT2D eigenvalue weighted by Crippen LogP contribution is -1.96. The summed E-state index contributed by atoms with van der Waals surface area (Å²) < 4.78 is 43.8. The molecule has 6 heteroatoms. The fourth-order valence-corrected chi connectivity index (χ4v) is 6.12. The molecule has 0 unspecified atom stereocenters. The molecule has 5 aromatic carbocycles. The molecule has 0 saturated heterocycles. The molecule has 0 aliphatic heterocycles. The Hall–Kier alpha value is -5.62. The van der Waals surface area contributed by atoms with Crippen LogP contribution in [0.25, 0.3) is 87.9 Å². The molecule has 0 saturated carbocycles. The van der Waals surface area contributed by atoms with Gasteiger partial charge >= 0.3 is 0 Å². The van der Waals surface area contributed by atoms with E-state index in [0.717, 1.165) is 43.8 Å². The quantitative estimate of drug-likeness (QED) is 0.202. The molecule has 0 aliphatic carbocycles. The largest absolute Gasteiger partial charge is 0.455 e. The maximum Gasteiger partial charge on any atom is 0.169 e. The predicted octanol–water partition coefficient (Wildman–Crippen LogP) is 10.2. The first-order valence-corrected chi connectivity index (χ1v) is 13.5. The van der Waals surface area contributed by atoms with Crippen molar-refractivity contribution in [2.45, 2.75) is 0 Å². The van der Waals surface area contributed by atoms with Crippen LogP contribution in [0.15, 0.2) is 118 Å². The van der Waals surface area contributed by atoms with Crippen LogP contribution in [-0.4, -0.2) is 9.97 Å². The van der Waals surface area contributed by atoms with Crippen molar-refractivity contribution in [3.63, 3.8) is 0 Å². The van der Waals surface area contributed by atoms with E-state index in [9.17, 15) is 0 Å². The second kappa shape index (κ2) is 8.44. The molecule has 0 fully saturated rings. The number of benzene rings is 5. The monoisotopic (exact) mass is 548 g/mol. The molecular weight excluding hydrogens is 530 g/mol. The first kappa shape index (κ1) is 23.1. The van der Waals surface area contributed by atoms with Crippen LogP contribution >= 0.6 is 0 Å². The highest BCUT2D eigenvalue weighted by molar-refractivity contribution is 6.12. The maximum atomic E-state index is 15.7. The zero-order chi connectivity index (χ0) is 27.9. The molecule has 0 bridgehead atoms. The third-order valence-electron chi connectivity index (χ3n) is 8.10. The van der Waals surface area contributed by atoms with Gasteiger partial charge < -0.3 is 8.83 Å². The third kappa shape index (κ3) is 3.14. The molecule has 9 aromatic rings. The van der Waals surface area contributed by atoms with E-state index in [1.807, 2.05) is 84.9 Å². The van der Waals surface area contributed by atoms with E-state index >= 15 is 8.78 Å². The standard InChI is InChI=1S/C36H18F2N2O2/c37-31-27-15-19(21-9-5-11-25-23-7-1-3-13-29(23)41-35(21)25)17-39-33(27)34-28(32(31)38)16-20(18-40-34)22-10-6-12-26-24-8-2-4-14-30(24)42-36(22)26/h1-18H. The van der Waals surface area contributed by atoms with E-state index in [1.165, 1.54) is 0 Å². The zero-order valence-electron chi connectivity index (χ0n) is 21.9. The smallest absolute Gasteiger partial charge is 0.169 e. The van der Waals surface area contributed by atoms with Crippen LogP contribution in [0.3, 0.4) is 0 Å². The fraction of sp³-hybridized carbons (Fsp3) is 0. The zero-order valence-corrected chi connectivity index (χ0v) is 21.9. The van der Waals surface area contributed by atoms with Crippen molar-refractivity contribution in [1.82, 2.24) is 9.97 Å². The van der Waals surface area contributed by atoms with Gasteiger partial charge in [-0.2, -0.15) is 0 Å². The lowest BCUT2D eigenvalue weighted by Gasteiger charge is -2.10. The molecule has 42 heavy (non-hydrogen) atoms. The molecule has 198 valence electrons. The van der Waals surface area contributed by atoms with Gasteiger partial charge in [0.2, 0.25) is 0 Å². The van der Waals surface area contributed by atoms with Gasteiger partial charge in [0.15, 0.2) is 11.6 Å². The minimum Gasteiger partial charge on any atom is -0.455 e. The minimum absolute atomic E-state index is 0.0604. The Labute approximate surface area is 236 Å². The van der Waals surface area contributed by atoms with Crippen molar-refractivity contribution in [2.75, 3.05) is 0 Å². The Morgan fingerprint density at radius 3 is 1.36 bits per heavy atom. The summed E-state index contributed by atoms with van der Waals surface area (Å²) in [5, 5.41) is 3.99. The number of halogens is 2. The Bertz CT molecular complexity index is 2380. The Morgan fingerprint density at radius 1 is 0.452 bits per heavy atom. The van der Waals surface area contributed by atoms with Crippen LogP contribution in [0.2, 0.25) is 0 Å². The van der Waals surface area contributed by atoms with Gasteiger partial charge in [0, 0.05) is 67.0 Å². The summed E-state index contributed by atoms with van der Waals surface area (Å²) in [6, 6.07) is 30.4. The second-order valence-electron chi connectivity index (χ2n) is 10.4. The molecular formula is C36H18F2N2O2. The predicted molar refractivity (Wildman–Crippen MR) is 162 cm³/mol. The van der Waals surface area contributed by atoms with Gasteiger partial charge in [0.25, 0.3) is 0 Å². The van der Waals surface area contributed by atoms with Crippen molar-refractivity contribution >= 4 is 65.7 Å². The van der Waals surface area contributed by atoms with Crippen LogP contribution < -0.4 is 0 Å². The van der Waals surface area contributed by atoms with E-state index in [1.54, 1.807) is 24.5 Å². The van der Waals surface area contributed by atoms with Crippen molar-refractivity contribution in [1.29, 1.82) is 0 Å². The average molecular weight is 549 g/mol. The second-order valence-corrected chi connectivity index (χ2v) is 10.4. The molecule has 4 heterocycles. The number of rotatable bonds is 2. The van der Waals surface area contributed by atoms with E-state index in [0.29, 0.717) is 22.3 Å². The molecule has 0 N–H and O–H groups in total. The number of para-hydroxylation sites is 4. The van der Waals surface area contributed by atoms with Crippen LogP contribution in [0.4, 0.5) is 8.78 Å². The Morgan fingerprint density at radius 2 is 0.881 bits per heavy atom. The number of fused-ring (bicyclic) bond motifs is 9. The van der Waals surface area contributed by atoms with E-state index in [4.69, 9.17) is 8.83 Å². The highest BCUT2D eigenvalue weighted by atomic mass is 19.2. The molecule has 0 spiro atoms. The SMILES string of the molecule is Fc1c(F)c2cc(-c3cccc4c3oc3ccccc34)cnc2c2ncc(-c3cccc4c3oc3ccccc34)cc12. The summed E-state index contributed by atoms with van der Waals surface area (Å²) in [6.45, 7) is 0. The first-order chi connectivity index (χ1) is 20.7. The van der Waals surface area contributed by atoms with Gasteiger partial charge in [0.1, 0.15) is 22.3 Å². The summed E-state index contributed by atoms with van der Waals surface area (Å²) in [6.07, 6.45) is 3.32. The van der Waals surface area contributed by atoms with E-state index < -0.39 is 11.6 Å². The average Bonchev–Trinajstić information content (AvgIpc) is 3.62. The molecule has 4 nitrogen and oxygen atoms in total. The summed E-state index contributed by atoms with van der Waals surface area (Å²) in [5.41, 5.74) is 6.19. The van der Waals surface area contributed by atoms with Crippen LogP contribution in [0, 0.1) is 11.6 Å². The summed E-state index contributed by atoms with van der Waals surface area (Å²) >= 11 is 0. The number of aromatic nitrogens is 2. The maximum absolute atomic E-state index is 15.7. The number of hydrogen-bond donors (Lipinski definition) is 0. The normalized spacial score (nSPS) is 12.0. The van der Waals surface area contributed by atoms with Gasteiger partial charge in [-0.25, -0.2) is 8.78 Å². The summed E-state index contributed by atoms with van der Waals surface area (Å²) in [4.78, 5) is 9.20. The van der Waals surface area contributed by atoms with Crippen LogP contribution in [0.5, 0.6) is 0 Å². The van der Waals surface area contributed by atoms with Gasteiger partial charge in [-0.3, -0.25) is 9.97 Å². The van der Waals surface area contributed by atoms with Crippen molar-refractivity contribution in [2.24, 2.45) is 0 Å². The summed E-state index contributed by atoms with van der Waals surface area (Å²) in [7, 11) is 0. The number of hydrogen-bond acceptors (Lipinski definition) is 4. The van der Waals surface area contributed by atoms with Gasteiger partial charge in [-0.1, -0.05) is 72.8 Å². The minimum atomic E-state index is -0.968. The molecule has 0 radical (unpaired) electrons. The molecule has 0 amide bonds. The van der Waals surface area contributed by atoms with Gasteiger partial charge in [-0.15, -0.1) is 0 Å². The number of pyridine rings is 2. The fourth-order valence-electron chi connectivity index (χ4n) is 6.12. The van der Waals surface area contributed by atoms with Crippen LogP contribution in [0.1, 0.15) is 0 Å². The van der Waals surface area contributed by atoms with Crippen molar-refractivity contribution < 1.29 is 17.6 Å². The molecule has 0 aliphatic rings. The van der Waals surface area contributed by atoms with Crippen molar-refractivity contribution in [3.8, 4) is 22.3 Å². The highest BCUT2D eigenvalue weighted by Gasteiger charge is 2.20. The number of furan rings is 2. The van der Waals surface area contributed by atoms with Crippen LogP contribution in [-0.2, 0) is 0 Å². The lowest BCUT2D eigenvalue weighted by molar-refractivity contribution is 0.525. The Balaban J connectivity index is 1.24. The van der Waals surface area contributed by atoms with Gasteiger partial charge in [-0.05, 0) is 24.3 Å². The van der Waals surface area contributed by atoms with E-state index in [-0.39, 0.29) is 21.8 Å². The molecule has 0 atom stereocenters. The van der Waals surface area contributed by atoms with Crippen molar-refractivity contribution in [3.05, 3.63) is 121 Å². The van der Waals surface area contributed by atoms with Gasteiger partial charge in [0.05, 0.1) is 11.0 Å². The summed E-state index contributed by atoms with van der Waals surface area (Å²) in [5.74, 6) is -1.94. The Kier molecular flexibility index (Phi) is 4.65. The third-order valence-corrected chi connectivity index (χ3v) is 8.10. The molecule has 4 aromatic heterocycles.